The van der Waals surface area contributed by atoms with Gasteiger partial charge in [-0.15, -0.1) is 0 Å². The average molecular weight is 227 g/mol. The molecule has 0 aliphatic carbocycles. The normalized spacial score (nSPS) is 11.7. The minimum absolute atomic E-state index is 0.140. The van der Waals surface area contributed by atoms with Crippen molar-refractivity contribution in [3.8, 4) is 0 Å². The third-order valence-corrected chi connectivity index (χ3v) is 4.21. The van der Waals surface area contributed by atoms with E-state index in [2.05, 4.69) is 0 Å². The van der Waals surface area contributed by atoms with Gasteiger partial charge in [-0.05, 0) is 18.1 Å². The van der Waals surface area contributed by atoms with Crippen LogP contribution in [0.2, 0.25) is 0 Å². The molecule has 0 unspecified atom stereocenters. The predicted molar refractivity (Wildman–Crippen MR) is 63.5 cm³/mol. The van der Waals surface area contributed by atoms with Crippen molar-refractivity contribution >= 4 is 15.7 Å². The average Bonchev–Trinajstić information content (AvgIpc) is 2.16. The molecule has 0 aromatic heterocycles. The molecule has 0 atom stereocenters. The first-order valence-electron chi connectivity index (χ1n) is 4.95. The summed E-state index contributed by atoms with van der Waals surface area (Å²) in [6, 6.07) is 9.11. The Kier molecular flexibility index (Phi) is 3.74. The summed E-state index contributed by atoms with van der Waals surface area (Å²) in [7, 11) is -1.59. The maximum Gasteiger partial charge on any atom is 0.235 e. The van der Waals surface area contributed by atoms with Gasteiger partial charge in [0, 0.05) is 7.05 Å². The van der Waals surface area contributed by atoms with Gasteiger partial charge < -0.3 is 0 Å². The second kappa shape index (κ2) is 4.66. The summed E-state index contributed by atoms with van der Waals surface area (Å²) in [6.45, 7) is 3.80. The van der Waals surface area contributed by atoms with Crippen LogP contribution in [0.15, 0.2) is 30.3 Å². The standard InChI is InChI=1S/C11H17NO2S/c1-10(2)9-15(13,14)12(3)11-7-5-4-6-8-11/h4-8,10H,9H2,1-3H3. The van der Waals surface area contributed by atoms with E-state index in [1.165, 1.54) is 4.31 Å². The molecule has 0 aliphatic rings. The highest BCUT2D eigenvalue weighted by molar-refractivity contribution is 7.92. The van der Waals surface area contributed by atoms with E-state index in [9.17, 15) is 8.42 Å². The largest absolute Gasteiger partial charge is 0.273 e. The highest BCUT2D eigenvalue weighted by Crippen LogP contribution is 2.16. The van der Waals surface area contributed by atoms with Gasteiger partial charge in [0.25, 0.3) is 0 Å². The van der Waals surface area contributed by atoms with Crippen molar-refractivity contribution in [3.63, 3.8) is 0 Å². The summed E-state index contributed by atoms with van der Waals surface area (Å²) < 4.78 is 25.1. The molecule has 0 amide bonds. The predicted octanol–water partition coefficient (Wildman–Crippen LogP) is 2.11. The van der Waals surface area contributed by atoms with Gasteiger partial charge in [0.05, 0.1) is 11.4 Å². The van der Waals surface area contributed by atoms with Crippen LogP contribution in [0.25, 0.3) is 0 Å². The Morgan fingerprint density at radius 1 is 1.20 bits per heavy atom. The molecule has 1 aromatic carbocycles. The molecule has 15 heavy (non-hydrogen) atoms. The van der Waals surface area contributed by atoms with Gasteiger partial charge in [-0.25, -0.2) is 8.42 Å². The Labute approximate surface area is 91.8 Å². The van der Waals surface area contributed by atoms with Gasteiger partial charge in [-0.3, -0.25) is 4.31 Å². The van der Waals surface area contributed by atoms with Crippen LogP contribution in [0.1, 0.15) is 13.8 Å². The minimum Gasteiger partial charge on any atom is -0.273 e. The zero-order valence-corrected chi connectivity index (χ0v) is 10.2. The van der Waals surface area contributed by atoms with E-state index in [0.29, 0.717) is 5.69 Å². The van der Waals surface area contributed by atoms with Crippen LogP contribution >= 0.6 is 0 Å². The fraction of sp³-hybridized carbons (Fsp3) is 0.455. The van der Waals surface area contributed by atoms with Crippen LogP contribution in [0, 0.1) is 5.92 Å². The quantitative estimate of drug-likeness (QED) is 0.790. The Morgan fingerprint density at radius 2 is 1.73 bits per heavy atom. The lowest BCUT2D eigenvalue weighted by Gasteiger charge is -2.20. The van der Waals surface area contributed by atoms with Gasteiger partial charge in [0.2, 0.25) is 10.0 Å². The van der Waals surface area contributed by atoms with Gasteiger partial charge in [-0.1, -0.05) is 32.0 Å². The van der Waals surface area contributed by atoms with Gasteiger partial charge in [-0.2, -0.15) is 0 Å². The van der Waals surface area contributed by atoms with Crippen LogP contribution in [0.4, 0.5) is 5.69 Å². The lowest BCUT2D eigenvalue weighted by molar-refractivity contribution is 0.580. The molecule has 1 aromatic rings. The molecular weight excluding hydrogens is 210 g/mol. The van der Waals surface area contributed by atoms with E-state index in [0.717, 1.165) is 0 Å². The number of hydrogen-bond acceptors (Lipinski definition) is 2. The Hall–Kier alpha value is -1.03. The van der Waals surface area contributed by atoms with Crippen molar-refractivity contribution in [1.29, 1.82) is 0 Å². The lowest BCUT2D eigenvalue weighted by Crippen LogP contribution is -2.30. The molecule has 0 aliphatic heterocycles. The molecule has 0 saturated heterocycles. The molecule has 1 rings (SSSR count). The number of benzene rings is 1. The number of rotatable bonds is 4. The monoisotopic (exact) mass is 227 g/mol. The molecule has 0 bridgehead atoms. The van der Waals surface area contributed by atoms with Crippen molar-refractivity contribution in [2.75, 3.05) is 17.1 Å². The Bertz CT molecular complexity index is 398. The fourth-order valence-electron chi connectivity index (χ4n) is 1.33. The summed E-state index contributed by atoms with van der Waals surface area (Å²) in [6.07, 6.45) is 0. The third kappa shape index (κ3) is 3.23. The highest BCUT2D eigenvalue weighted by Gasteiger charge is 2.19. The zero-order valence-electron chi connectivity index (χ0n) is 9.34. The smallest absolute Gasteiger partial charge is 0.235 e. The lowest BCUT2D eigenvalue weighted by atomic mass is 10.3. The van der Waals surface area contributed by atoms with Gasteiger partial charge in [0.1, 0.15) is 0 Å². The minimum atomic E-state index is -3.18. The summed E-state index contributed by atoms with van der Waals surface area (Å²) in [5.41, 5.74) is 0.707. The topological polar surface area (TPSA) is 37.4 Å². The second-order valence-electron chi connectivity index (χ2n) is 3.98. The van der Waals surface area contributed by atoms with Crippen LogP contribution in [0.3, 0.4) is 0 Å². The molecule has 0 saturated carbocycles. The fourth-order valence-corrected chi connectivity index (χ4v) is 2.84. The number of sulfonamides is 1. The molecule has 0 radical (unpaired) electrons. The van der Waals surface area contributed by atoms with Crippen LogP contribution in [-0.4, -0.2) is 21.2 Å². The second-order valence-corrected chi connectivity index (χ2v) is 6.02. The van der Waals surface area contributed by atoms with E-state index < -0.39 is 10.0 Å². The first-order valence-corrected chi connectivity index (χ1v) is 6.56. The number of anilines is 1. The van der Waals surface area contributed by atoms with Crippen LogP contribution in [0.5, 0.6) is 0 Å². The summed E-state index contributed by atoms with van der Waals surface area (Å²) in [4.78, 5) is 0. The van der Waals surface area contributed by atoms with E-state index >= 15 is 0 Å². The molecule has 0 fully saturated rings. The van der Waals surface area contributed by atoms with Crippen LogP contribution in [-0.2, 0) is 10.0 Å². The van der Waals surface area contributed by atoms with Crippen molar-refractivity contribution < 1.29 is 8.42 Å². The Morgan fingerprint density at radius 3 is 2.20 bits per heavy atom. The van der Waals surface area contributed by atoms with Crippen molar-refractivity contribution in [3.05, 3.63) is 30.3 Å². The molecule has 0 heterocycles. The SMILES string of the molecule is CC(C)CS(=O)(=O)N(C)c1ccccc1. The van der Waals surface area contributed by atoms with E-state index in [-0.39, 0.29) is 11.7 Å². The van der Waals surface area contributed by atoms with Crippen molar-refractivity contribution in [2.45, 2.75) is 13.8 Å². The molecule has 3 nitrogen and oxygen atoms in total. The molecule has 0 N–H and O–H groups in total. The third-order valence-electron chi connectivity index (χ3n) is 2.08. The maximum absolute atomic E-state index is 11.9. The number of hydrogen-bond donors (Lipinski definition) is 0. The number of nitrogens with zero attached hydrogens (tertiary/aromatic N) is 1. The summed E-state index contributed by atoms with van der Waals surface area (Å²) in [5.74, 6) is 0.319. The molecule has 4 heteroatoms. The van der Waals surface area contributed by atoms with Crippen molar-refractivity contribution in [1.82, 2.24) is 0 Å². The first kappa shape index (κ1) is 12.0. The molecule has 84 valence electrons. The summed E-state index contributed by atoms with van der Waals surface area (Å²) in [5, 5.41) is 0. The van der Waals surface area contributed by atoms with Crippen molar-refractivity contribution in [2.24, 2.45) is 5.92 Å². The zero-order chi connectivity index (χ0) is 11.5. The van der Waals surface area contributed by atoms with Gasteiger partial charge in [0.15, 0.2) is 0 Å². The Balaban J connectivity index is 2.90. The molecule has 0 spiro atoms. The highest BCUT2D eigenvalue weighted by atomic mass is 32.2. The first-order chi connectivity index (χ1) is 6.93. The molecular formula is C11H17NO2S. The van der Waals surface area contributed by atoms with E-state index in [1.54, 1.807) is 19.2 Å². The van der Waals surface area contributed by atoms with Crippen LogP contribution < -0.4 is 4.31 Å². The maximum atomic E-state index is 11.9. The van der Waals surface area contributed by atoms with E-state index in [4.69, 9.17) is 0 Å². The number of para-hydroxylation sites is 1. The van der Waals surface area contributed by atoms with E-state index in [1.807, 2.05) is 32.0 Å². The van der Waals surface area contributed by atoms with Gasteiger partial charge >= 0.3 is 0 Å². The summed E-state index contributed by atoms with van der Waals surface area (Å²) >= 11 is 0.